The Bertz CT molecular complexity index is 63.7. The van der Waals surface area contributed by atoms with Crippen LogP contribution in [-0.4, -0.2) is 39.6 Å². The Hall–Kier alpha value is -0.318. The summed E-state index contributed by atoms with van der Waals surface area (Å²) in [4.78, 5) is 32.5. The Morgan fingerprint density at radius 3 is 0.714 bits per heavy atom. The van der Waals surface area contributed by atoms with E-state index < -0.39 is 0 Å². The molecule has 0 bridgehead atoms. The van der Waals surface area contributed by atoms with Gasteiger partial charge in [0.05, 0.1) is 0 Å². The SMILES string of the molecule is O=C=O.O=C=O.[PbH2]. The first-order valence-electron chi connectivity index (χ1n) is 0.816. The fourth-order valence-corrected chi connectivity index (χ4v) is 0. The summed E-state index contributed by atoms with van der Waals surface area (Å²) in [6.07, 6.45) is 0.500. The van der Waals surface area contributed by atoms with E-state index in [9.17, 15) is 0 Å². The van der Waals surface area contributed by atoms with E-state index >= 15 is 0 Å². The van der Waals surface area contributed by atoms with Gasteiger partial charge in [-0.05, 0) is 0 Å². The molecule has 2 radical (unpaired) electrons. The summed E-state index contributed by atoms with van der Waals surface area (Å²) >= 11 is 0. The standard InChI is InChI=1S/2CO2.Pb.2H/c2*2-1-3;;;. The third kappa shape index (κ3) is 762. The molecule has 0 aromatic rings. The zero-order chi connectivity index (χ0) is 5.41. The van der Waals surface area contributed by atoms with Gasteiger partial charge < -0.3 is 0 Å². The minimum atomic E-state index is 0. The quantitative estimate of drug-likeness (QED) is 0.481. The molecule has 0 saturated carbocycles. The van der Waals surface area contributed by atoms with Gasteiger partial charge in [-0.25, -0.2) is 0 Å². The van der Waals surface area contributed by atoms with E-state index in [1.54, 1.807) is 0 Å². The van der Waals surface area contributed by atoms with E-state index in [4.69, 9.17) is 19.2 Å². The van der Waals surface area contributed by atoms with Crippen LogP contribution in [0.5, 0.6) is 0 Å². The molecule has 0 fully saturated rings. The van der Waals surface area contributed by atoms with Crippen LogP contribution < -0.4 is 0 Å². The molecule has 0 aliphatic carbocycles. The zero-order valence-corrected chi connectivity index (χ0v) is 8.84. The topological polar surface area (TPSA) is 68.3 Å². The number of carbonyl (C=O) groups excluding carboxylic acids is 4. The van der Waals surface area contributed by atoms with E-state index in [-0.39, 0.29) is 39.6 Å². The van der Waals surface area contributed by atoms with Crippen LogP contribution in [0.25, 0.3) is 0 Å². The van der Waals surface area contributed by atoms with E-state index in [1.807, 2.05) is 0 Å². The van der Waals surface area contributed by atoms with E-state index in [1.165, 1.54) is 0 Å². The molecule has 0 heterocycles. The molecule has 7 heavy (non-hydrogen) atoms. The Balaban J connectivity index is -0.0000000400. The molecule has 4 nitrogen and oxygen atoms in total. The first-order chi connectivity index (χ1) is 2.83. The third-order valence-electron chi connectivity index (χ3n) is 0. The van der Waals surface area contributed by atoms with Gasteiger partial charge in [0.25, 0.3) is 0 Å². The van der Waals surface area contributed by atoms with Crippen molar-refractivity contribution in [3.8, 4) is 0 Å². The monoisotopic (exact) mass is 298 g/mol. The molecule has 0 N–H and O–H groups in total. The van der Waals surface area contributed by atoms with Crippen molar-refractivity contribution in [1.82, 2.24) is 0 Å². The van der Waals surface area contributed by atoms with Crippen LogP contribution in [-0.2, 0) is 19.2 Å². The van der Waals surface area contributed by atoms with Gasteiger partial charge in [0.1, 0.15) is 0 Å². The second kappa shape index (κ2) is 44.0. The van der Waals surface area contributed by atoms with E-state index in [0.29, 0.717) is 0 Å². The second-order valence-electron chi connectivity index (χ2n) is 0.167. The number of hydrogen-bond acceptors (Lipinski definition) is 4. The molecule has 0 saturated heterocycles. The van der Waals surface area contributed by atoms with Crippen molar-refractivity contribution >= 4 is 39.6 Å². The van der Waals surface area contributed by atoms with Crippen molar-refractivity contribution < 1.29 is 19.2 Å². The second-order valence-corrected chi connectivity index (χ2v) is 0.167. The molecule has 0 amide bonds. The molecule has 0 rings (SSSR count). The van der Waals surface area contributed by atoms with Crippen LogP contribution in [0.4, 0.5) is 0 Å². The van der Waals surface area contributed by atoms with Gasteiger partial charge in [-0.1, -0.05) is 0 Å². The molecule has 0 aliphatic heterocycles. The van der Waals surface area contributed by atoms with Crippen LogP contribution >= 0.6 is 0 Å². The summed E-state index contributed by atoms with van der Waals surface area (Å²) in [6, 6.07) is 0. The van der Waals surface area contributed by atoms with Crippen molar-refractivity contribution in [1.29, 1.82) is 0 Å². The van der Waals surface area contributed by atoms with Crippen LogP contribution in [0.3, 0.4) is 0 Å². The Morgan fingerprint density at radius 1 is 0.714 bits per heavy atom. The molecule has 0 unspecified atom stereocenters. The van der Waals surface area contributed by atoms with Gasteiger partial charge in [-0.3, -0.25) is 0 Å². The van der Waals surface area contributed by atoms with Gasteiger partial charge in [-0.15, -0.1) is 0 Å². The van der Waals surface area contributed by atoms with Gasteiger partial charge in [0.2, 0.25) is 0 Å². The summed E-state index contributed by atoms with van der Waals surface area (Å²) in [5.41, 5.74) is 0. The predicted molar refractivity (Wildman–Crippen MR) is 18.6 cm³/mol. The zero-order valence-electron chi connectivity index (χ0n) is 3.34. The normalized spacial score (nSPS) is 2.29. The fraction of sp³-hybridized carbons (Fsp3) is 0. The van der Waals surface area contributed by atoms with Crippen molar-refractivity contribution in [3.63, 3.8) is 0 Å². The maximum atomic E-state index is 8.12. The Morgan fingerprint density at radius 2 is 0.714 bits per heavy atom. The van der Waals surface area contributed by atoms with E-state index in [0.717, 1.165) is 0 Å². The molecule has 5 heteroatoms. The van der Waals surface area contributed by atoms with Gasteiger partial charge in [0.15, 0.2) is 0 Å². The molecule has 0 spiro atoms. The summed E-state index contributed by atoms with van der Waals surface area (Å²) in [6.45, 7) is 0. The first-order valence-corrected chi connectivity index (χ1v) is 0.816. The van der Waals surface area contributed by atoms with Crippen LogP contribution in [0, 0.1) is 0 Å². The van der Waals surface area contributed by atoms with Crippen LogP contribution in [0.2, 0.25) is 0 Å². The molecule has 0 aromatic heterocycles. The van der Waals surface area contributed by atoms with Crippen molar-refractivity contribution in [2.24, 2.45) is 0 Å². The summed E-state index contributed by atoms with van der Waals surface area (Å²) < 4.78 is 0. The predicted octanol–water partition coefficient (Wildman–Crippen LogP) is -2.08. The van der Waals surface area contributed by atoms with Crippen LogP contribution in [0.1, 0.15) is 0 Å². The number of hydrogen-bond donors (Lipinski definition) is 0. The van der Waals surface area contributed by atoms with Gasteiger partial charge >= 0.3 is 39.6 Å². The fourth-order valence-electron chi connectivity index (χ4n) is 0. The number of rotatable bonds is 0. The average molecular weight is 297 g/mol. The maximum absolute atomic E-state index is 8.12. The van der Waals surface area contributed by atoms with Crippen molar-refractivity contribution in [2.45, 2.75) is 0 Å². The summed E-state index contributed by atoms with van der Waals surface area (Å²) in [5.74, 6) is 0. The third-order valence-corrected chi connectivity index (χ3v) is 0. The van der Waals surface area contributed by atoms with Crippen molar-refractivity contribution in [3.05, 3.63) is 0 Å². The summed E-state index contributed by atoms with van der Waals surface area (Å²) in [7, 11) is 0. The van der Waals surface area contributed by atoms with Gasteiger partial charge in [-0.2, -0.15) is 19.2 Å². The van der Waals surface area contributed by atoms with Crippen LogP contribution in [0.15, 0.2) is 0 Å². The molecule has 0 aliphatic rings. The Kier molecular flexibility index (Phi) is 100. The van der Waals surface area contributed by atoms with E-state index in [2.05, 4.69) is 0 Å². The average Bonchev–Trinajstić information content (AvgIpc) is 1.39. The molecule has 0 aromatic carbocycles. The summed E-state index contributed by atoms with van der Waals surface area (Å²) in [5, 5.41) is 0. The Labute approximate surface area is 59.0 Å². The molecular weight excluding hydrogens is 295 g/mol. The first kappa shape index (κ1) is 15.9. The molecule has 0 atom stereocenters. The molecular formula is C2H2O4Pb. The van der Waals surface area contributed by atoms with Gasteiger partial charge in [0, 0.05) is 0 Å². The van der Waals surface area contributed by atoms with Crippen molar-refractivity contribution in [2.75, 3.05) is 0 Å². The molecule has 38 valence electrons. The minimum absolute atomic E-state index is 0.